The first-order valence-electron chi connectivity index (χ1n) is 8.26. The van der Waals surface area contributed by atoms with Crippen LogP contribution in [0.5, 0.6) is 0 Å². The van der Waals surface area contributed by atoms with Gasteiger partial charge in [0, 0.05) is 12.5 Å². The molecule has 0 aliphatic carbocycles. The predicted octanol–water partition coefficient (Wildman–Crippen LogP) is 3.56. The zero-order valence-electron chi connectivity index (χ0n) is 15.0. The molecule has 9 heteroatoms. The second-order valence-electron chi connectivity index (χ2n) is 6.12. The summed E-state index contributed by atoms with van der Waals surface area (Å²) in [5, 5.41) is 0.376. The van der Waals surface area contributed by atoms with Gasteiger partial charge in [0.05, 0.1) is 29.5 Å². The average Bonchev–Trinajstić information content (AvgIpc) is 2.63. The van der Waals surface area contributed by atoms with Crippen LogP contribution in [0.25, 0.3) is 10.9 Å². The number of benzene rings is 2. The normalized spacial score (nSPS) is 11.6. The Morgan fingerprint density at radius 3 is 2.46 bits per heavy atom. The van der Waals surface area contributed by atoms with Crippen molar-refractivity contribution in [2.75, 3.05) is 5.06 Å². The van der Waals surface area contributed by atoms with Crippen molar-refractivity contribution in [3.05, 3.63) is 70.3 Å². The van der Waals surface area contributed by atoms with Crippen molar-refractivity contribution < 1.29 is 22.8 Å². The third kappa shape index (κ3) is 4.04. The molecule has 0 bridgehead atoms. The minimum absolute atomic E-state index is 0.134. The topological polar surface area (TPSA) is 64.4 Å². The Morgan fingerprint density at radius 1 is 1.18 bits per heavy atom. The lowest BCUT2D eigenvalue weighted by molar-refractivity contribution is -0.327. The molecular weight excluding hydrogens is 375 g/mol. The van der Waals surface area contributed by atoms with E-state index in [1.807, 2.05) is 30.3 Å². The lowest BCUT2D eigenvalue weighted by atomic mass is 10.1. The highest BCUT2D eigenvalue weighted by molar-refractivity contribution is 5.94. The molecule has 0 radical (unpaired) electrons. The quantitative estimate of drug-likeness (QED) is 0.638. The Balaban J connectivity index is 2.06. The maximum absolute atomic E-state index is 12.8. The van der Waals surface area contributed by atoms with Crippen LogP contribution in [-0.4, -0.2) is 21.8 Å². The van der Waals surface area contributed by atoms with Crippen LogP contribution < -0.4 is 10.6 Å². The van der Waals surface area contributed by atoms with Gasteiger partial charge in [-0.15, -0.1) is 13.2 Å². The zero-order valence-corrected chi connectivity index (χ0v) is 15.0. The summed E-state index contributed by atoms with van der Waals surface area (Å²) in [5.74, 6) is -0.961. The van der Waals surface area contributed by atoms with Crippen molar-refractivity contribution in [3.63, 3.8) is 0 Å². The fraction of sp³-hybridized carbons (Fsp3) is 0.211. The molecule has 1 amide bonds. The number of amides is 1. The first-order valence-corrected chi connectivity index (χ1v) is 8.26. The van der Waals surface area contributed by atoms with Crippen LogP contribution >= 0.6 is 0 Å². The van der Waals surface area contributed by atoms with E-state index < -0.39 is 12.3 Å². The number of rotatable bonds is 4. The molecule has 0 N–H and O–H groups in total. The summed E-state index contributed by atoms with van der Waals surface area (Å²) in [6.07, 6.45) is -3.71. The van der Waals surface area contributed by atoms with Gasteiger partial charge < -0.3 is 0 Å². The fourth-order valence-electron chi connectivity index (χ4n) is 2.86. The van der Waals surface area contributed by atoms with Crippen molar-refractivity contribution in [3.8, 4) is 0 Å². The van der Waals surface area contributed by atoms with Crippen LogP contribution in [0.1, 0.15) is 18.1 Å². The Labute approximate surface area is 157 Å². The van der Waals surface area contributed by atoms with Crippen LogP contribution in [0.2, 0.25) is 0 Å². The minimum atomic E-state index is -5.04. The Hall–Kier alpha value is -3.20. The monoisotopic (exact) mass is 391 g/mol. The zero-order chi connectivity index (χ0) is 20.5. The van der Waals surface area contributed by atoms with E-state index in [0.29, 0.717) is 6.54 Å². The molecule has 0 spiro atoms. The van der Waals surface area contributed by atoms with Crippen LogP contribution in [0, 0.1) is 6.92 Å². The number of alkyl halides is 3. The van der Waals surface area contributed by atoms with Gasteiger partial charge in [0.1, 0.15) is 0 Å². The lowest BCUT2D eigenvalue weighted by Crippen LogP contribution is -2.35. The number of carbonyl (C=O) groups excluding carboxylic acids is 1. The highest BCUT2D eigenvalue weighted by Gasteiger charge is 2.36. The SMILES string of the molecule is CC(=O)N(OC(F)(F)F)c1ccc2c(=O)n(Cc3ccccc3)cnc2c1C. The summed E-state index contributed by atoms with van der Waals surface area (Å²) in [6.45, 7) is 2.72. The molecule has 0 fully saturated rings. The van der Waals surface area contributed by atoms with Gasteiger partial charge in [-0.25, -0.2) is 4.98 Å². The minimum Gasteiger partial charge on any atom is -0.294 e. The smallest absolute Gasteiger partial charge is 0.294 e. The van der Waals surface area contributed by atoms with Crippen LogP contribution in [0.3, 0.4) is 0 Å². The van der Waals surface area contributed by atoms with E-state index in [2.05, 4.69) is 9.82 Å². The molecule has 0 aliphatic heterocycles. The first kappa shape index (κ1) is 19.6. The number of fused-ring (bicyclic) bond motifs is 1. The third-order valence-corrected chi connectivity index (χ3v) is 4.12. The van der Waals surface area contributed by atoms with E-state index in [1.165, 1.54) is 30.0 Å². The van der Waals surface area contributed by atoms with Crippen molar-refractivity contribution >= 4 is 22.5 Å². The van der Waals surface area contributed by atoms with Crippen LogP contribution in [-0.2, 0) is 16.2 Å². The highest BCUT2D eigenvalue weighted by Crippen LogP contribution is 2.29. The van der Waals surface area contributed by atoms with E-state index in [-0.39, 0.29) is 32.8 Å². The van der Waals surface area contributed by atoms with E-state index >= 15 is 0 Å². The number of aromatic nitrogens is 2. The van der Waals surface area contributed by atoms with E-state index in [9.17, 15) is 22.8 Å². The number of anilines is 1. The molecule has 0 atom stereocenters. The maximum atomic E-state index is 12.8. The van der Waals surface area contributed by atoms with Crippen molar-refractivity contribution in [2.45, 2.75) is 26.8 Å². The number of hydroxylamine groups is 1. The molecule has 0 saturated carbocycles. The van der Waals surface area contributed by atoms with E-state index in [1.54, 1.807) is 0 Å². The summed E-state index contributed by atoms with van der Waals surface area (Å²) in [6, 6.07) is 11.9. The Bertz CT molecular complexity index is 1080. The second-order valence-corrected chi connectivity index (χ2v) is 6.12. The summed E-state index contributed by atoms with van der Waals surface area (Å²) in [5.41, 5.74) is 0.852. The van der Waals surface area contributed by atoms with E-state index in [4.69, 9.17) is 0 Å². The summed E-state index contributed by atoms with van der Waals surface area (Å²) in [7, 11) is 0. The van der Waals surface area contributed by atoms with Crippen LogP contribution in [0.4, 0.5) is 18.9 Å². The molecule has 3 rings (SSSR count). The van der Waals surface area contributed by atoms with Gasteiger partial charge in [0.15, 0.2) is 0 Å². The fourth-order valence-corrected chi connectivity index (χ4v) is 2.86. The van der Waals surface area contributed by atoms with Crippen molar-refractivity contribution in [1.82, 2.24) is 9.55 Å². The van der Waals surface area contributed by atoms with Gasteiger partial charge >= 0.3 is 6.36 Å². The Morgan fingerprint density at radius 2 is 1.86 bits per heavy atom. The molecule has 0 unspecified atom stereocenters. The highest BCUT2D eigenvalue weighted by atomic mass is 19.4. The van der Waals surface area contributed by atoms with Gasteiger partial charge in [0.2, 0.25) is 5.91 Å². The molecule has 0 saturated heterocycles. The largest absolute Gasteiger partial charge is 0.544 e. The molecule has 2 aromatic carbocycles. The number of hydrogen-bond donors (Lipinski definition) is 0. The standard InChI is InChI=1S/C19H16F3N3O3/c1-12-16(25(13(2)26)28-19(20,21)22)9-8-15-17(12)23-11-24(18(15)27)10-14-6-4-3-5-7-14/h3-9,11H,10H2,1-2H3. The first-order chi connectivity index (χ1) is 13.2. The molecule has 1 heterocycles. The predicted molar refractivity (Wildman–Crippen MR) is 96.6 cm³/mol. The lowest BCUT2D eigenvalue weighted by Gasteiger charge is -2.23. The number of halogens is 3. The summed E-state index contributed by atoms with van der Waals surface area (Å²) >= 11 is 0. The molecule has 6 nitrogen and oxygen atoms in total. The number of aryl methyl sites for hydroxylation is 1. The van der Waals surface area contributed by atoms with Crippen LogP contribution in [0.15, 0.2) is 53.6 Å². The van der Waals surface area contributed by atoms with Crippen molar-refractivity contribution in [2.24, 2.45) is 0 Å². The molecule has 1 aromatic heterocycles. The molecule has 3 aromatic rings. The van der Waals surface area contributed by atoms with E-state index in [0.717, 1.165) is 12.5 Å². The molecular formula is C19H16F3N3O3. The third-order valence-electron chi connectivity index (χ3n) is 4.12. The molecule has 28 heavy (non-hydrogen) atoms. The van der Waals surface area contributed by atoms with Gasteiger partial charge in [-0.2, -0.15) is 9.90 Å². The number of carbonyl (C=O) groups is 1. The van der Waals surface area contributed by atoms with Gasteiger partial charge in [-0.3, -0.25) is 14.2 Å². The van der Waals surface area contributed by atoms with Gasteiger partial charge in [-0.05, 0) is 24.6 Å². The van der Waals surface area contributed by atoms with Gasteiger partial charge in [0.25, 0.3) is 5.56 Å². The summed E-state index contributed by atoms with van der Waals surface area (Å²) < 4.78 is 39.3. The maximum Gasteiger partial charge on any atom is 0.544 e. The summed E-state index contributed by atoms with van der Waals surface area (Å²) in [4.78, 5) is 32.5. The molecule has 146 valence electrons. The average molecular weight is 391 g/mol. The second kappa shape index (κ2) is 7.43. The Kier molecular flexibility index (Phi) is 5.19. The molecule has 0 aliphatic rings. The van der Waals surface area contributed by atoms with Gasteiger partial charge in [-0.1, -0.05) is 30.3 Å². The number of hydrogen-bond acceptors (Lipinski definition) is 4. The number of nitrogens with zero attached hydrogens (tertiary/aromatic N) is 3. The van der Waals surface area contributed by atoms with Crippen molar-refractivity contribution in [1.29, 1.82) is 0 Å².